The van der Waals surface area contributed by atoms with E-state index < -0.39 is 6.09 Å². The van der Waals surface area contributed by atoms with Gasteiger partial charge in [-0.2, -0.15) is 0 Å². The average Bonchev–Trinajstić information content (AvgIpc) is 2.37. The van der Waals surface area contributed by atoms with Crippen molar-refractivity contribution in [2.45, 2.75) is 6.54 Å². The SMILES string of the molecule is C=CCOC(=O)NCCNCc1ccccc1. The molecular formula is C13H18N2O2. The first-order valence-electron chi connectivity index (χ1n) is 5.59. The Labute approximate surface area is 102 Å². The summed E-state index contributed by atoms with van der Waals surface area (Å²) in [5, 5.41) is 5.85. The predicted octanol–water partition coefficient (Wildman–Crippen LogP) is 1.69. The summed E-state index contributed by atoms with van der Waals surface area (Å²) >= 11 is 0. The van der Waals surface area contributed by atoms with Crippen LogP contribution in [0.5, 0.6) is 0 Å². The number of carbonyl (C=O) groups excluding carboxylic acids is 1. The van der Waals surface area contributed by atoms with Gasteiger partial charge in [-0.05, 0) is 5.56 Å². The molecule has 0 atom stereocenters. The van der Waals surface area contributed by atoms with E-state index in [0.717, 1.165) is 6.54 Å². The molecule has 17 heavy (non-hydrogen) atoms. The van der Waals surface area contributed by atoms with Crippen LogP contribution in [0.3, 0.4) is 0 Å². The van der Waals surface area contributed by atoms with E-state index in [1.165, 1.54) is 11.6 Å². The van der Waals surface area contributed by atoms with Crippen LogP contribution in [-0.4, -0.2) is 25.8 Å². The maximum absolute atomic E-state index is 11.0. The van der Waals surface area contributed by atoms with Crippen LogP contribution in [-0.2, 0) is 11.3 Å². The van der Waals surface area contributed by atoms with Gasteiger partial charge >= 0.3 is 6.09 Å². The summed E-state index contributed by atoms with van der Waals surface area (Å²) in [6, 6.07) is 10.1. The third-order valence-electron chi connectivity index (χ3n) is 2.08. The third kappa shape index (κ3) is 6.37. The molecule has 1 aromatic rings. The molecule has 1 amide bonds. The summed E-state index contributed by atoms with van der Waals surface area (Å²) in [6.07, 6.45) is 1.12. The number of carbonyl (C=O) groups is 1. The van der Waals surface area contributed by atoms with Gasteiger partial charge in [-0.25, -0.2) is 4.79 Å². The maximum Gasteiger partial charge on any atom is 0.407 e. The zero-order chi connectivity index (χ0) is 12.3. The molecule has 1 aromatic carbocycles. The summed E-state index contributed by atoms with van der Waals surface area (Å²) in [4.78, 5) is 11.0. The van der Waals surface area contributed by atoms with Gasteiger partial charge in [-0.3, -0.25) is 0 Å². The Bertz CT molecular complexity index is 339. The van der Waals surface area contributed by atoms with Gasteiger partial charge in [-0.15, -0.1) is 0 Å². The minimum absolute atomic E-state index is 0.239. The van der Waals surface area contributed by atoms with Crippen LogP contribution in [0.1, 0.15) is 5.56 Å². The van der Waals surface area contributed by atoms with Crippen molar-refractivity contribution in [2.24, 2.45) is 0 Å². The van der Waals surface area contributed by atoms with Crippen molar-refractivity contribution in [3.05, 3.63) is 48.6 Å². The summed E-state index contributed by atoms with van der Waals surface area (Å²) < 4.78 is 4.76. The van der Waals surface area contributed by atoms with Crippen LogP contribution < -0.4 is 10.6 Å². The molecule has 0 unspecified atom stereocenters. The molecule has 0 aliphatic heterocycles. The average molecular weight is 234 g/mol. The normalized spacial score (nSPS) is 9.65. The largest absolute Gasteiger partial charge is 0.445 e. The lowest BCUT2D eigenvalue weighted by molar-refractivity contribution is 0.158. The number of hydrogen-bond acceptors (Lipinski definition) is 3. The van der Waals surface area contributed by atoms with Crippen LogP contribution in [0.15, 0.2) is 43.0 Å². The Morgan fingerprint density at radius 3 is 2.76 bits per heavy atom. The minimum Gasteiger partial charge on any atom is -0.445 e. The number of amides is 1. The van der Waals surface area contributed by atoms with Crippen LogP contribution in [0.25, 0.3) is 0 Å². The lowest BCUT2D eigenvalue weighted by Crippen LogP contribution is -2.32. The molecule has 4 heteroatoms. The summed E-state index contributed by atoms with van der Waals surface area (Å²) in [7, 11) is 0. The molecule has 0 saturated carbocycles. The standard InChI is InChI=1S/C13H18N2O2/c1-2-10-17-13(16)15-9-8-14-11-12-6-4-3-5-7-12/h2-7,14H,1,8-11H2,(H,15,16). The van der Waals surface area contributed by atoms with Gasteiger partial charge in [-0.1, -0.05) is 43.0 Å². The molecule has 0 aliphatic carbocycles. The smallest absolute Gasteiger partial charge is 0.407 e. The first-order valence-corrected chi connectivity index (χ1v) is 5.59. The fraction of sp³-hybridized carbons (Fsp3) is 0.308. The van der Waals surface area contributed by atoms with Crippen LogP contribution in [0.4, 0.5) is 4.79 Å². The predicted molar refractivity (Wildman–Crippen MR) is 67.7 cm³/mol. The quantitative estimate of drug-likeness (QED) is 0.557. The third-order valence-corrected chi connectivity index (χ3v) is 2.08. The number of alkyl carbamates (subject to hydrolysis) is 1. The van der Waals surface area contributed by atoms with Crippen molar-refractivity contribution >= 4 is 6.09 Å². The van der Waals surface area contributed by atoms with Gasteiger partial charge in [0, 0.05) is 19.6 Å². The van der Waals surface area contributed by atoms with E-state index in [0.29, 0.717) is 13.1 Å². The lowest BCUT2D eigenvalue weighted by atomic mass is 10.2. The number of benzene rings is 1. The number of ether oxygens (including phenoxy) is 1. The molecule has 0 fully saturated rings. The van der Waals surface area contributed by atoms with Crippen LogP contribution in [0.2, 0.25) is 0 Å². The van der Waals surface area contributed by atoms with Gasteiger partial charge in [0.15, 0.2) is 0 Å². The van der Waals surface area contributed by atoms with Gasteiger partial charge in [0.1, 0.15) is 6.61 Å². The fourth-order valence-electron chi connectivity index (χ4n) is 1.27. The van der Waals surface area contributed by atoms with Crippen LogP contribution >= 0.6 is 0 Å². The van der Waals surface area contributed by atoms with Crippen molar-refractivity contribution in [1.82, 2.24) is 10.6 Å². The summed E-state index contributed by atoms with van der Waals surface area (Å²) in [5.41, 5.74) is 1.22. The molecule has 92 valence electrons. The zero-order valence-corrected chi connectivity index (χ0v) is 9.82. The lowest BCUT2D eigenvalue weighted by Gasteiger charge is -2.06. The summed E-state index contributed by atoms with van der Waals surface area (Å²) in [6.45, 7) is 5.74. The number of nitrogens with one attached hydrogen (secondary N) is 2. The molecule has 4 nitrogen and oxygen atoms in total. The van der Waals surface area contributed by atoms with Crippen molar-refractivity contribution in [2.75, 3.05) is 19.7 Å². The minimum atomic E-state index is -0.411. The van der Waals surface area contributed by atoms with E-state index in [2.05, 4.69) is 29.3 Å². The van der Waals surface area contributed by atoms with Crippen LogP contribution in [0, 0.1) is 0 Å². The van der Waals surface area contributed by atoms with Gasteiger partial charge < -0.3 is 15.4 Å². The molecule has 0 heterocycles. The second kappa shape index (κ2) is 8.35. The Hall–Kier alpha value is -1.81. The number of rotatable bonds is 7. The highest BCUT2D eigenvalue weighted by molar-refractivity contribution is 5.67. The molecule has 0 radical (unpaired) electrons. The van der Waals surface area contributed by atoms with Gasteiger partial charge in [0.2, 0.25) is 0 Å². The van der Waals surface area contributed by atoms with Gasteiger partial charge in [0.05, 0.1) is 0 Å². The topological polar surface area (TPSA) is 50.4 Å². The first-order chi connectivity index (χ1) is 8.33. The monoisotopic (exact) mass is 234 g/mol. The van der Waals surface area contributed by atoms with E-state index in [-0.39, 0.29) is 6.61 Å². The Kier molecular flexibility index (Phi) is 6.51. The van der Waals surface area contributed by atoms with E-state index in [1.807, 2.05) is 18.2 Å². The number of hydrogen-bond donors (Lipinski definition) is 2. The molecule has 0 saturated heterocycles. The second-order valence-electron chi connectivity index (χ2n) is 3.48. The maximum atomic E-state index is 11.0. The van der Waals surface area contributed by atoms with Gasteiger partial charge in [0.25, 0.3) is 0 Å². The molecule has 1 rings (SSSR count). The highest BCUT2D eigenvalue weighted by atomic mass is 16.5. The zero-order valence-electron chi connectivity index (χ0n) is 9.82. The first kappa shape index (κ1) is 13.3. The molecule has 0 bridgehead atoms. The Morgan fingerprint density at radius 2 is 2.06 bits per heavy atom. The van der Waals surface area contributed by atoms with Crippen molar-refractivity contribution < 1.29 is 9.53 Å². The van der Waals surface area contributed by atoms with Crippen molar-refractivity contribution in [3.63, 3.8) is 0 Å². The van der Waals surface area contributed by atoms with E-state index >= 15 is 0 Å². The molecule has 0 aliphatic rings. The fourth-order valence-corrected chi connectivity index (χ4v) is 1.27. The molecular weight excluding hydrogens is 216 g/mol. The molecule has 2 N–H and O–H groups in total. The Morgan fingerprint density at radius 1 is 1.29 bits per heavy atom. The van der Waals surface area contributed by atoms with Crippen molar-refractivity contribution in [1.29, 1.82) is 0 Å². The molecule has 0 spiro atoms. The molecule has 0 aromatic heterocycles. The second-order valence-corrected chi connectivity index (χ2v) is 3.48. The highest BCUT2D eigenvalue weighted by Gasteiger charge is 1.98. The Balaban J connectivity index is 2.01. The van der Waals surface area contributed by atoms with E-state index in [9.17, 15) is 4.79 Å². The highest BCUT2D eigenvalue weighted by Crippen LogP contribution is 1.96. The van der Waals surface area contributed by atoms with E-state index in [1.54, 1.807) is 0 Å². The summed E-state index contributed by atoms with van der Waals surface area (Å²) in [5.74, 6) is 0. The van der Waals surface area contributed by atoms with E-state index in [4.69, 9.17) is 4.74 Å². The van der Waals surface area contributed by atoms with Crippen molar-refractivity contribution in [3.8, 4) is 0 Å².